The van der Waals surface area contributed by atoms with Crippen molar-refractivity contribution in [3.05, 3.63) is 30.6 Å². The first kappa shape index (κ1) is 15.3. The summed E-state index contributed by atoms with van der Waals surface area (Å²) in [5.74, 6) is 1.23. The van der Waals surface area contributed by atoms with Crippen LogP contribution in [0.4, 0.5) is 5.82 Å². The Balaban J connectivity index is 1.87. The molecule has 0 spiro atoms. The summed E-state index contributed by atoms with van der Waals surface area (Å²) < 4.78 is 7.15. The highest BCUT2D eigenvalue weighted by atomic mass is 31.0. The molecule has 1 aromatic carbocycles. The van der Waals surface area contributed by atoms with E-state index in [0.717, 1.165) is 54.0 Å². The van der Waals surface area contributed by atoms with Crippen LogP contribution in [0.3, 0.4) is 0 Å². The van der Waals surface area contributed by atoms with Gasteiger partial charge in [-0.3, -0.25) is 0 Å². The Kier molecular flexibility index (Phi) is 4.04. The number of aromatic nitrogens is 4. The Morgan fingerprint density at radius 3 is 2.79 bits per heavy atom. The average Bonchev–Trinajstić information content (AvgIpc) is 3.04. The van der Waals surface area contributed by atoms with E-state index in [-0.39, 0.29) is 6.04 Å². The van der Waals surface area contributed by atoms with Crippen molar-refractivity contribution in [3.63, 3.8) is 0 Å². The Labute approximate surface area is 141 Å². The number of anilines is 1. The second-order valence-corrected chi connectivity index (χ2v) is 6.13. The highest BCUT2D eigenvalue weighted by Crippen LogP contribution is 2.33. The fourth-order valence-corrected chi connectivity index (χ4v) is 3.34. The Morgan fingerprint density at radius 1 is 1.25 bits per heavy atom. The molecule has 3 aromatic rings. The molecule has 24 heavy (non-hydrogen) atoms. The van der Waals surface area contributed by atoms with Gasteiger partial charge in [0, 0.05) is 12.1 Å². The normalized spacial score (nSPS) is 18.0. The third-order valence-corrected chi connectivity index (χ3v) is 4.67. The number of nitrogen functional groups attached to an aromatic ring is 1. The summed E-state index contributed by atoms with van der Waals surface area (Å²) in [6.07, 6.45) is 3.70. The Morgan fingerprint density at radius 2 is 2.08 bits per heavy atom. The van der Waals surface area contributed by atoms with Crippen LogP contribution >= 0.6 is 9.47 Å². The van der Waals surface area contributed by atoms with Gasteiger partial charge in [-0.25, -0.2) is 14.6 Å². The minimum absolute atomic E-state index is 0.277. The van der Waals surface area contributed by atoms with Crippen LogP contribution in [-0.4, -0.2) is 32.8 Å². The van der Waals surface area contributed by atoms with Crippen LogP contribution < -0.4 is 15.6 Å². The van der Waals surface area contributed by atoms with E-state index < -0.39 is 0 Å². The maximum Gasteiger partial charge on any atom is 0.164 e. The van der Waals surface area contributed by atoms with Crippen LogP contribution in [0.2, 0.25) is 0 Å². The quantitative estimate of drug-likeness (QED) is 0.709. The Bertz CT molecular complexity index is 857. The van der Waals surface area contributed by atoms with Crippen LogP contribution in [0.1, 0.15) is 18.9 Å². The number of nitrogens with zero attached hydrogens (tertiary/aromatic N) is 4. The van der Waals surface area contributed by atoms with Gasteiger partial charge in [0.25, 0.3) is 0 Å². The van der Waals surface area contributed by atoms with Crippen molar-refractivity contribution in [2.45, 2.75) is 18.9 Å². The molecule has 0 saturated carbocycles. The first-order chi connectivity index (χ1) is 11.8. The molecule has 1 aliphatic rings. The smallest absolute Gasteiger partial charge is 0.164 e. The molecule has 4 rings (SSSR count). The molecule has 0 amide bonds. The predicted octanol–water partition coefficient (Wildman–Crippen LogP) is 2.17. The zero-order valence-corrected chi connectivity index (χ0v) is 14.3. The van der Waals surface area contributed by atoms with Crippen molar-refractivity contribution in [3.8, 4) is 17.0 Å². The van der Waals surface area contributed by atoms with Gasteiger partial charge in [-0.15, -0.1) is 0 Å². The van der Waals surface area contributed by atoms with Gasteiger partial charge in [0.2, 0.25) is 0 Å². The molecule has 2 atom stereocenters. The zero-order chi connectivity index (χ0) is 16.5. The van der Waals surface area contributed by atoms with Crippen LogP contribution in [0.25, 0.3) is 22.3 Å². The second-order valence-electron chi connectivity index (χ2n) is 5.89. The molecular weight excluding hydrogens is 323 g/mol. The lowest BCUT2D eigenvalue weighted by molar-refractivity contribution is 0.354. The molecule has 0 bridgehead atoms. The first-order valence-corrected chi connectivity index (χ1v) is 8.41. The summed E-state index contributed by atoms with van der Waals surface area (Å²) in [6.45, 7) is 1.94. The lowest BCUT2D eigenvalue weighted by Gasteiger charge is -2.23. The molecule has 8 heteroatoms. The predicted molar refractivity (Wildman–Crippen MR) is 96.7 cm³/mol. The SMILES string of the molecule is Nc1ncnc2c1c(-c1ccc(OP)cc1)nn2[C@@H]1CCCNC1. The van der Waals surface area contributed by atoms with Gasteiger partial charge in [-0.2, -0.15) is 5.10 Å². The van der Waals surface area contributed by atoms with Gasteiger partial charge < -0.3 is 15.6 Å². The van der Waals surface area contributed by atoms with Gasteiger partial charge in [0.05, 0.1) is 20.9 Å². The molecule has 7 nitrogen and oxygen atoms in total. The maximum absolute atomic E-state index is 6.15. The standard InChI is InChI=1S/C16H19N6OP/c17-15-13-14(10-3-5-12(23-24)6-4-10)21-22(16(13)20-9-19-15)11-2-1-7-18-8-11/h3-6,9,11,18H,1-2,7-8,24H2,(H2,17,19,20)/t11-/m1/s1. The molecule has 1 saturated heterocycles. The number of nitrogens with two attached hydrogens (primary N) is 1. The number of rotatable bonds is 3. The molecule has 1 fully saturated rings. The lowest BCUT2D eigenvalue weighted by atomic mass is 10.1. The monoisotopic (exact) mass is 342 g/mol. The van der Waals surface area contributed by atoms with Crippen LogP contribution in [-0.2, 0) is 0 Å². The Hall–Kier alpha value is -2.24. The van der Waals surface area contributed by atoms with Crippen LogP contribution in [0.5, 0.6) is 5.75 Å². The summed E-state index contributed by atoms with van der Waals surface area (Å²) in [5.41, 5.74) is 8.71. The third-order valence-electron chi connectivity index (χ3n) is 4.40. The largest absolute Gasteiger partial charge is 0.480 e. The van der Waals surface area contributed by atoms with Gasteiger partial charge in [0.15, 0.2) is 5.65 Å². The van der Waals surface area contributed by atoms with Gasteiger partial charge in [-0.1, -0.05) is 0 Å². The lowest BCUT2D eigenvalue weighted by Crippen LogP contribution is -2.32. The molecule has 1 aliphatic heterocycles. The number of nitrogens with one attached hydrogen (secondary N) is 1. The van der Waals surface area contributed by atoms with Crippen molar-refractivity contribution in [2.75, 3.05) is 18.8 Å². The highest BCUT2D eigenvalue weighted by Gasteiger charge is 2.23. The molecule has 0 radical (unpaired) electrons. The molecule has 124 valence electrons. The van der Waals surface area contributed by atoms with E-state index in [0.29, 0.717) is 5.82 Å². The van der Waals surface area contributed by atoms with Crippen molar-refractivity contribution in [1.82, 2.24) is 25.1 Å². The zero-order valence-electron chi connectivity index (χ0n) is 13.1. The minimum atomic E-state index is 0.277. The van der Waals surface area contributed by atoms with Crippen LogP contribution in [0, 0.1) is 0 Å². The summed E-state index contributed by atoms with van der Waals surface area (Å²) in [7, 11) is 2.24. The van der Waals surface area contributed by atoms with E-state index in [1.165, 1.54) is 6.33 Å². The third kappa shape index (κ3) is 2.60. The number of hydrogen-bond acceptors (Lipinski definition) is 6. The van der Waals surface area contributed by atoms with Crippen molar-refractivity contribution in [2.24, 2.45) is 0 Å². The molecule has 0 aliphatic carbocycles. The van der Waals surface area contributed by atoms with E-state index in [2.05, 4.69) is 24.8 Å². The van der Waals surface area contributed by atoms with Gasteiger partial charge in [0.1, 0.15) is 23.6 Å². The fraction of sp³-hybridized carbons (Fsp3) is 0.312. The van der Waals surface area contributed by atoms with E-state index in [1.54, 1.807) is 0 Å². The average molecular weight is 342 g/mol. The van der Waals surface area contributed by atoms with Gasteiger partial charge >= 0.3 is 0 Å². The summed E-state index contributed by atoms with van der Waals surface area (Å²) >= 11 is 0. The van der Waals surface area contributed by atoms with Crippen LogP contribution in [0.15, 0.2) is 30.6 Å². The van der Waals surface area contributed by atoms with E-state index >= 15 is 0 Å². The highest BCUT2D eigenvalue weighted by molar-refractivity contribution is 7.10. The number of piperidine rings is 1. The van der Waals surface area contributed by atoms with E-state index in [9.17, 15) is 0 Å². The molecule has 3 heterocycles. The maximum atomic E-state index is 6.15. The van der Waals surface area contributed by atoms with Crippen molar-refractivity contribution >= 4 is 26.3 Å². The minimum Gasteiger partial charge on any atom is -0.480 e. The van der Waals surface area contributed by atoms with Gasteiger partial charge in [-0.05, 0) is 43.7 Å². The summed E-state index contributed by atoms with van der Waals surface area (Å²) in [5, 5.41) is 9.08. The topological polar surface area (TPSA) is 90.9 Å². The number of hydrogen-bond donors (Lipinski definition) is 2. The fourth-order valence-electron chi connectivity index (χ4n) is 3.19. The van der Waals surface area contributed by atoms with Crippen molar-refractivity contribution in [1.29, 1.82) is 0 Å². The second kappa shape index (κ2) is 6.34. The molecule has 1 unspecified atom stereocenters. The molecule has 2 aromatic heterocycles. The van der Waals surface area contributed by atoms with Crippen molar-refractivity contribution < 1.29 is 4.52 Å². The number of benzene rings is 1. The molecule has 3 N–H and O–H groups in total. The summed E-state index contributed by atoms with van der Waals surface area (Å²) in [6, 6.07) is 8.01. The first-order valence-electron chi connectivity index (χ1n) is 7.94. The van der Waals surface area contributed by atoms with E-state index in [1.807, 2.05) is 28.9 Å². The summed E-state index contributed by atoms with van der Waals surface area (Å²) in [4.78, 5) is 8.61. The number of fused-ring (bicyclic) bond motifs is 1. The van der Waals surface area contributed by atoms with E-state index in [4.69, 9.17) is 15.4 Å². The molecular formula is C16H19N6OP.